The van der Waals surface area contributed by atoms with Gasteiger partial charge in [0.25, 0.3) is 0 Å². The molecule has 0 bridgehead atoms. The van der Waals surface area contributed by atoms with Crippen LogP contribution in [0.3, 0.4) is 0 Å². The van der Waals surface area contributed by atoms with Crippen molar-refractivity contribution >= 4 is 6.29 Å². The number of aldehydes is 1. The fraction of sp³-hybridized carbons (Fsp3) is 0.875. The number of methoxy groups -OCH3 is 1. The molecule has 1 saturated heterocycles. The van der Waals surface area contributed by atoms with Crippen molar-refractivity contribution in [2.45, 2.75) is 30.2 Å². The molecule has 1 heterocycles. The van der Waals surface area contributed by atoms with Gasteiger partial charge in [0.1, 0.15) is 18.3 Å². The standard InChI is InChI=1S/C8H14O7/c1-14-7-5(12)4(11)6(13)8(2-9,3-10)15-7/h2,4-7,10-13H,3H2,1H3/t4-,5-,6+,7-,8?/m0/s1. The van der Waals surface area contributed by atoms with Gasteiger partial charge in [-0.3, -0.25) is 4.79 Å². The Morgan fingerprint density at radius 1 is 1.40 bits per heavy atom. The average Bonchev–Trinajstić information content (AvgIpc) is 2.27. The number of aliphatic hydroxyl groups is 4. The van der Waals surface area contributed by atoms with Crippen LogP contribution in [0.4, 0.5) is 0 Å². The van der Waals surface area contributed by atoms with E-state index in [1.54, 1.807) is 0 Å². The van der Waals surface area contributed by atoms with Crippen molar-refractivity contribution in [3.8, 4) is 0 Å². The molecule has 1 aliphatic rings. The summed E-state index contributed by atoms with van der Waals surface area (Å²) in [5.74, 6) is 0. The van der Waals surface area contributed by atoms with Gasteiger partial charge in [0, 0.05) is 7.11 Å². The van der Waals surface area contributed by atoms with Gasteiger partial charge < -0.3 is 29.9 Å². The summed E-state index contributed by atoms with van der Waals surface area (Å²) in [6, 6.07) is 0. The number of hydrogen-bond acceptors (Lipinski definition) is 7. The normalized spacial score (nSPS) is 46.5. The van der Waals surface area contributed by atoms with E-state index in [0.717, 1.165) is 0 Å². The first kappa shape index (κ1) is 12.5. The minimum Gasteiger partial charge on any atom is -0.393 e. The van der Waals surface area contributed by atoms with Crippen molar-refractivity contribution < 1.29 is 34.7 Å². The van der Waals surface area contributed by atoms with E-state index in [2.05, 4.69) is 4.74 Å². The molecule has 15 heavy (non-hydrogen) atoms. The Labute approximate surface area is 85.9 Å². The van der Waals surface area contributed by atoms with Crippen LogP contribution in [-0.2, 0) is 14.3 Å². The second-order valence-corrected chi connectivity index (χ2v) is 3.38. The van der Waals surface area contributed by atoms with E-state index in [0.29, 0.717) is 0 Å². The lowest BCUT2D eigenvalue weighted by molar-refractivity contribution is -0.318. The maximum Gasteiger partial charge on any atom is 0.187 e. The molecule has 4 N–H and O–H groups in total. The molecule has 0 aromatic heterocycles. The highest BCUT2D eigenvalue weighted by Crippen LogP contribution is 2.28. The van der Waals surface area contributed by atoms with Crippen molar-refractivity contribution in [1.82, 2.24) is 0 Å². The monoisotopic (exact) mass is 222 g/mol. The molecule has 1 unspecified atom stereocenters. The third-order valence-corrected chi connectivity index (χ3v) is 2.47. The molecule has 0 radical (unpaired) electrons. The molecule has 0 aromatic rings. The summed E-state index contributed by atoms with van der Waals surface area (Å²) in [5.41, 5.74) is -1.96. The quantitative estimate of drug-likeness (QED) is 0.376. The predicted molar refractivity (Wildman–Crippen MR) is 45.8 cm³/mol. The summed E-state index contributed by atoms with van der Waals surface area (Å²) >= 11 is 0. The molecular formula is C8H14O7. The lowest BCUT2D eigenvalue weighted by Gasteiger charge is -2.44. The van der Waals surface area contributed by atoms with E-state index in [4.69, 9.17) is 9.84 Å². The highest BCUT2D eigenvalue weighted by molar-refractivity contribution is 5.64. The van der Waals surface area contributed by atoms with Crippen LogP contribution >= 0.6 is 0 Å². The predicted octanol–water partition coefficient (Wildman–Crippen LogP) is -3.00. The third kappa shape index (κ3) is 1.89. The van der Waals surface area contributed by atoms with Crippen LogP contribution in [0.15, 0.2) is 0 Å². The SMILES string of the molecule is CO[C@H]1OC(C=O)(CO)[C@H](O)[C@@H](O)[C@@H]1O. The lowest BCUT2D eigenvalue weighted by Crippen LogP contribution is -2.66. The summed E-state index contributed by atoms with van der Waals surface area (Å²) in [7, 11) is 1.20. The first-order chi connectivity index (χ1) is 7.02. The molecule has 1 aliphatic heterocycles. The number of rotatable bonds is 3. The van der Waals surface area contributed by atoms with Gasteiger partial charge in [-0.2, -0.15) is 0 Å². The summed E-state index contributed by atoms with van der Waals surface area (Å²) in [5, 5.41) is 37.2. The fourth-order valence-corrected chi connectivity index (χ4v) is 1.45. The lowest BCUT2D eigenvalue weighted by atomic mass is 9.88. The Hall–Kier alpha value is -0.570. The van der Waals surface area contributed by atoms with Gasteiger partial charge in [-0.25, -0.2) is 0 Å². The van der Waals surface area contributed by atoms with Gasteiger partial charge in [-0.15, -0.1) is 0 Å². The highest BCUT2D eigenvalue weighted by atomic mass is 16.7. The Bertz CT molecular complexity index is 231. The van der Waals surface area contributed by atoms with Crippen molar-refractivity contribution in [2.24, 2.45) is 0 Å². The zero-order chi connectivity index (χ0) is 11.6. The maximum absolute atomic E-state index is 10.7. The largest absolute Gasteiger partial charge is 0.393 e. The second kappa shape index (κ2) is 4.52. The first-order valence-corrected chi connectivity index (χ1v) is 4.34. The highest BCUT2D eigenvalue weighted by Gasteiger charge is 2.53. The smallest absolute Gasteiger partial charge is 0.187 e. The molecule has 88 valence electrons. The van der Waals surface area contributed by atoms with E-state index < -0.39 is 36.8 Å². The van der Waals surface area contributed by atoms with E-state index in [1.807, 2.05) is 0 Å². The van der Waals surface area contributed by atoms with E-state index in [1.165, 1.54) is 7.11 Å². The molecule has 1 rings (SSSR count). The van der Waals surface area contributed by atoms with Crippen LogP contribution < -0.4 is 0 Å². The van der Waals surface area contributed by atoms with Gasteiger partial charge in [0.2, 0.25) is 0 Å². The molecule has 5 atom stereocenters. The second-order valence-electron chi connectivity index (χ2n) is 3.38. The zero-order valence-electron chi connectivity index (χ0n) is 8.11. The summed E-state index contributed by atoms with van der Waals surface area (Å²) < 4.78 is 9.58. The Morgan fingerprint density at radius 2 is 2.00 bits per heavy atom. The number of hydrogen-bond donors (Lipinski definition) is 4. The number of carbonyl (C=O) groups is 1. The average molecular weight is 222 g/mol. The first-order valence-electron chi connectivity index (χ1n) is 4.34. The van der Waals surface area contributed by atoms with Crippen molar-refractivity contribution in [3.05, 3.63) is 0 Å². The summed E-state index contributed by atoms with van der Waals surface area (Å²) in [4.78, 5) is 10.7. The molecular weight excluding hydrogens is 208 g/mol. The Kier molecular flexibility index (Phi) is 3.77. The minimum absolute atomic E-state index is 0.179. The van der Waals surface area contributed by atoms with Crippen molar-refractivity contribution in [1.29, 1.82) is 0 Å². The van der Waals surface area contributed by atoms with Gasteiger partial charge in [0.05, 0.1) is 6.61 Å². The Morgan fingerprint density at radius 3 is 2.40 bits per heavy atom. The third-order valence-electron chi connectivity index (χ3n) is 2.47. The van der Waals surface area contributed by atoms with E-state index in [-0.39, 0.29) is 6.29 Å². The topological polar surface area (TPSA) is 116 Å². The molecule has 0 aliphatic carbocycles. The van der Waals surface area contributed by atoms with Gasteiger partial charge in [0.15, 0.2) is 18.2 Å². The number of carbonyl (C=O) groups excluding carboxylic acids is 1. The molecule has 0 aromatic carbocycles. The molecule has 0 amide bonds. The molecule has 0 saturated carbocycles. The van der Waals surface area contributed by atoms with Crippen LogP contribution in [0.2, 0.25) is 0 Å². The van der Waals surface area contributed by atoms with E-state index >= 15 is 0 Å². The maximum atomic E-state index is 10.7. The van der Waals surface area contributed by atoms with Gasteiger partial charge in [-0.05, 0) is 0 Å². The number of ether oxygens (including phenoxy) is 2. The van der Waals surface area contributed by atoms with Crippen LogP contribution in [0.25, 0.3) is 0 Å². The van der Waals surface area contributed by atoms with Crippen molar-refractivity contribution in [3.63, 3.8) is 0 Å². The molecule has 1 fully saturated rings. The van der Waals surface area contributed by atoms with E-state index in [9.17, 15) is 20.1 Å². The van der Waals surface area contributed by atoms with Gasteiger partial charge >= 0.3 is 0 Å². The Balaban J connectivity index is 2.96. The molecule has 7 nitrogen and oxygen atoms in total. The molecule has 0 spiro atoms. The minimum atomic E-state index is -1.96. The fourth-order valence-electron chi connectivity index (χ4n) is 1.45. The van der Waals surface area contributed by atoms with Gasteiger partial charge in [-0.1, -0.05) is 0 Å². The summed E-state index contributed by atoms with van der Waals surface area (Å²) in [6.45, 7) is -0.818. The van der Waals surface area contributed by atoms with Crippen LogP contribution in [0.5, 0.6) is 0 Å². The van der Waals surface area contributed by atoms with Crippen molar-refractivity contribution in [2.75, 3.05) is 13.7 Å². The zero-order valence-corrected chi connectivity index (χ0v) is 8.11. The van der Waals surface area contributed by atoms with Crippen LogP contribution in [0.1, 0.15) is 0 Å². The number of aliphatic hydroxyl groups excluding tert-OH is 4. The van der Waals surface area contributed by atoms with Crippen LogP contribution in [-0.4, -0.2) is 70.6 Å². The molecule has 7 heteroatoms. The summed E-state index contributed by atoms with van der Waals surface area (Å²) in [6.07, 6.45) is -5.91. The van der Waals surface area contributed by atoms with Crippen LogP contribution in [0, 0.1) is 0 Å².